The number of nitrogens with one attached hydrogen (secondary N) is 2. The van der Waals surface area contributed by atoms with E-state index in [1.165, 1.54) is 18.2 Å². The van der Waals surface area contributed by atoms with Crippen molar-refractivity contribution in [1.29, 1.82) is 0 Å². The van der Waals surface area contributed by atoms with Crippen LogP contribution in [0.2, 0.25) is 0 Å². The summed E-state index contributed by atoms with van der Waals surface area (Å²) in [4.78, 5) is 48.7. The first-order valence-corrected chi connectivity index (χ1v) is 5.34. The first kappa shape index (κ1) is 13.3. The molecular weight excluding hydrogens is 268 g/mol. The second-order valence-electron chi connectivity index (χ2n) is 3.85. The Labute approximate surface area is 110 Å². The van der Waals surface area contributed by atoms with Gasteiger partial charge >= 0.3 is 17.6 Å². The molecule has 0 saturated carbocycles. The summed E-state index contributed by atoms with van der Waals surface area (Å²) in [6.07, 6.45) is 0. The van der Waals surface area contributed by atoms with Gasteiger partial charge in [-0.25, -0.2) is 14.4 Å². The number of aromatic amines is 2. The van der Waals surface area contributed by atoms with E-state index in [9.17, 15) is 19.2 Å². The number of aromatic nitrogens is 2. The lowest BCUT2D eigenvalue weighted by molar-refractivity contribution is 0.0683. The van der Waals surface area contributed by atoms with Crippen LogP contribution < -0.4 is 11.2 Å². The first-order valence-electron chi connectivity index (χ1n) is 5.34. The Hall–Kier alpha value is -3.16. The van der Waals surface area contributed by atoms with E-state index < -0.39 is 28.9 Å². The lowest BCUT2D eigenvalue weighted by Gasteiger charge is -2.05. The zero-order valence-electron chi connectivity index (χ0n) is 9.84. The van der Waals surface area contributed by atoms with Gasteiger partial charge in [0.15, 0.2) is 0 Å². The molecule has 0 bridgehead atoms. The molecular formula is C12H8N2O6. The zero-order chi connectivity index (χ0) is 14.9. The SMILES string of the molecule is O=C(O)c1cccc(-c2c(C(=O)O)[nH]c(=O)[nH]c2=O)c1. The number of benzene rings is 1. The Morgan fingerprint density at radius 1 is 1.00 bits per heavy atom. The molecule has 0 spiro atoms. The minimum atomic E-state index is -1.50. The highest BCUT2D eigenvalue weighted by molar-refractivity contribution is 5.95. The Morgan fingerprint density at radius 3 is 2.30 bits per heavy atom. The predicted molar refractivity (Wildman–Crippen MR) is 67.0 cm³/mol. The number of carboxylic acids is 2. The summed E-state index contributed by atoms with van der Waals surface area (Å²) in [6, 6.07) is 5.19. The molecule has 0 aliphatic carbocycles. The number of rotatable bonds is 3. The van der Waals surface area contributed by atoms with Crippen molar-refractivity contribution < 1.29 is 19.8 Å². The molecule has 8 nitrogen and oxygen atoms in total. The van der Waals surface area contributed by atoms with Crippen molar-refractivity contribution in [3.8, 4) is 11.1 Å². The highest BCUT2D eigenvalue weighted by Crippen LogP contribution is 2.19. The van der Waals surface area contributed by atoms with Crippen molar-refractivity contribution in [3.63, 3.8) is 0 Å². The Balaban J connectivity index is 2.79. The van der Waals surface area contributed by atoms with Crippen molar-refractivity contribution in [3.05, 3.63) is 56.4 Å². The lowest BCUT2D eigenvalue weighted by Crippen LogP contribution is -2.28. The van der Waals surface area contributed by atoms with E-state index in [4.69, 9.17) is 10.2 Å². The quantitative estimate of drug-likeness (QED) is 0.627. The first-order chi connectivity index (χ1) is 9.40. The van der Waals surface area contributed by atoms with Crippen LogP contribution in [0.1, 0.15) is 20.8 Å². The third-order valence-electron chi connectivity index (χ3n) is 2.55. The molecule has 20 heavy (non-hydrogen) atoms. The van der Waals surface area contributed by atoms with Gasteiger partial charge < -0.3 is 15.2 Å². The molecule has 0 amide bonds. The van der Waals surface area contributed by atoms with Crippen LogP contribution in [0.25, 0.3) is 11.1 Å². The van der Waals surface area contributed by atoms with Gasteiger partial charge in [0.2, 0.25) is 0 Å². The molecule has 2 rings (SSSR count). The van der Waals surface area contributed by atoms with Gasteiger partial charge in [-0.1, -0.05) is 12.1 Å². The van der Waals surface area contributed by atoms with Crippen molar-refractivity contribution in [1.82, 2.24) is 9.97 Å². The highest BCUT2D eigenvalue weighted by atomic mass is 16.4. The summed E-state index contributed by atoms with van der Waals surface area (Å²) in [5.41, 5.74) is -2.79. The van der Waals surface area contributed by atoms with E-state index in [0.717, 1.165) is 6.07 Å². The van der Waals surface area contributed by atoms with Crippen LogP contribution in [0.5, 0.6) is 0 Å². The number of carbonyl (C=O) groups is 2. The lowest BCUT2D eigenvalue weighted by atomic mass is 10.0. The van der Waals surface area contributed by atoms with Crippen molar-refractivity contribution in [2.75, 3.05) is 0 Å². The smallest absolute Gasteiger partial charge is 0.353 e. The molecule has 0 unspecified atom stereocenters. The summed E-state index contributed by atoms with van der Waals surface area (Å²) < 4.78 is 0. The summed E-state index contributed by atoms with van der Waals surface area (Å²) >= 11 is 0. The minimum Gasteiger partial charge on any atom is -0.478 e. The van der Waals surface area contributed by atoms with E-state index in [2.05, 4.69) is 0 Å². The van der Waals surface area contributed by atoms with Gasteiger partial charge in [0.05, 0.1) is 11.1 Å². The largest absolute Gasteiger partial charge is 0.478 e. The van der Waals surface area contributed by atoms with E-state index in [0.29, 0.717) is 0 Å². The molecule has 1 heterocycles. The van der Waals surface area contributed by atoms with Crippen LogP contribution in [0.15, 0.2) is 33.9 Å². The zero-order valence-corrected chi connectivity index (χ0v) is 9.84. The molecule has 8 heteroatoms. The van der Waals surface area contributed by atoms with Crippen LogP contribution >= 0.6 is 0 Å². The van der Waals surface area contributed by atoms with Crippen LogP contribution in [-0.4, -0.2) is 32.1 Å². The summed E-state index contributed by atoms with van der Waals surface area (Å²) in [5.74, 6) is -2.71. The van der Waals surface area contributed by atoms with Crippen molar-refractivity contribution in [2.45, 2.75) is 0 Å². The molecule has 0 aliphatic rings. The van der Waals surface area contributed by atoms with Gasteiger partial charge in [0.1, 0.15) is 5.69 Å². The Kier molecular flexibility index (Phi) is 3.21. The summed E-state index contributed by atoms with van der Waals surface area (Å²) in [5, 5.41) is 17.9. The number of aromatic carboxylic acids is 2. The average Bonchev–Trinajstić information content (AvgIpc) is 2.37. The van der Waals surface area contributed by atoms with Gasteiger partial charge in [0, 0.05) is 0 Å². The predicted octanol–water partition coefficient (Wildman–Crippen LogP) is 0.127. The van der Waals surface area contributed by atoms with Crippen LogP contribution in [0.4, 0.5) is 0 Å². The second-order valence-corrected chi connectivity index (χ2v) is 3.85. The summed E-state index contributed by atoms with van der Waals surface area (Å²) in [7, 11) is 0. The highest BCUT2D eigenvalue weighted by Gasteiger charge is 2.18. The monoisotopic (exact) mass is 276 g/mol. The summed E-state index contributed by atoms with van der Waals surface area (Å²) in [6.45, 7) is 0. The third-order valence-corrected chi connectivity index (χ3v) is 2.55. The average molecular weight is 276 g/mol. The van der Waals surface area contributed by atoms with Crippen molar-refractivity contribution >= 4 is 11.9 Å². The van der Waals surface area contributed by atoms with Gasteiger partial charge in [-0.2, -0.15) is 0 Å². The number of carboxylic acid groups (broad SMARTS) is 2. The number of hydrogen-bond donors (Lipinski definition) is 4. The molecule has 102 valence electrons. The van der Waals surface area contributed by atoms with E-state index in [1.54, 1.807) is 0 Å². The number of H-pyrrole nitrogens is 2. The standard InChI is InChI=1S/C12H8N2O6/c15-9-7(8(11(18)19)13-12(20)14-9)5-2-1-3-6(4-5)10(16)17/h1-4H,(H,16,17)(H,18,19)(H2,13,14,15,20). The van der Waals surface area contributed by atoms with Crippen LogP contribution in [-0.2, 0) is 0 Å². The molecule has 0 saturated heterocycles. The van der Waals surface area contributed by atoms with E-state index in [-0.39, 0.29) is 16.7 Å². The fraction of sp³-hybridized carbons (Fsp3) is 0. The van der Waals surface area contributed by atoms with Gasteiger partial charge in [-0.15, -0.1) is 0 Å². The maximum absolute atomic E-state index is 11.8. The fourth-order valence-electron chi connectivity index (χ4n) is 1.73. The molecule has 2 aromatic rings. The molecule has 0 aliphatic heterocycles. The second kappa shape index (κ2) is 4.84. The fourth-order valence-corrected chi connectivity index (χ4v) is 1.73. The Morgan fingerprint density at radius 2 is 1.70 bits per heavy atom. The molecule has 1 aromatic carbocycles. The molecule has 0 fully saturated rings. The normalized spacial score (nSPS) is 10.2. The minimum absolute atomic E-state index is 0.0831. The number of hydrogen-bond acceptors (Lipinski definition) is 4. The maximum Gasteiger partial charge on any atom is 0.353 e. The van der Waals surface area contributed by atoms with Gasteiger partial charge in [-0.3, -0.25) is 9.78 Å². The molecule has 4 N–H and O–H groups in total. The van der Waals surface area contributed by atoms with E-state index >= 15 is 0 Å². The van der Waals surface area contributed by atoms with Crippen LogP contribution in [0.3, 0.4) is 0 Å². The Bertz CT molecular complexity index is 817. The maximum atomic E-state index is 11.8. The molecule has 1 aromatic heterocycles. The molecule has 0 radical (unpaired) electrons. The third kappa shape index (κ3) is 2.34. The topological polar surface area (TPSA) is 140 Å². The van der Waals surface area contributed by atoms with Gasteiger partial charge in [0.25, 0.3) is 5.56 Å². The van der Waals surface area contributed by atoms with Crippen LogP contribution in [0, 0.1) is 0 Å². The van der Waals surface area contributed by atoms with Crippen molar-refractivity contribution in [2.24, 2.45) is 0 Å². The molecule has 0 atom stereocenters. The van der Waals surface area contributed by atoms with Gasteiger partial charge in [-0.05, 0) is 17.7 Å². The van der Waals surface area contributed by atoms with E-state index in [1.807, 2.05) is 9.97 Å².